The van der Waals surface area contributed by atoms with Crippen LogP contribution >= 0.6 is 0 Å². The molecular weight excluding hydrogens is 534 g/mol. The lowest BCUT2D eigenvalue weighted by Crippen LogP contribution is -2.52. The van der Waals surface area contributed by atoms with Crippen LogP contribution in [0.25, 0.3) is 0 Å². The van der Waals surface area contributed by atoms with Crippen LogP contribution in [-0.2, 0) is 20.9 Å². The summed E-state index contributed by atoms with van der Waals surface area (Å²) in [5.41, 5.74) is 0.846. The predicted octanol–water partition coefficient (Wildman–Crippen LogP) is 4.61. The van der Waals surface area contributed by atoms with E-state index in [2.05, 4.69) is 23.6 Å². The molecule has 4 atom stereocenters. The topological polar surface area (TPSA) is 117 Å². The van der Waals surface area contributed by atoms with Crippen molar-refractivity contribution in [3.8, 4) is 11.5 Å². The normalized spacial score (nSPS) is 23.5. The lowest BCUT2D eigenvalue weighted by Gasteiger charge is -2.29. The van der Waals surface area contributed by atoms with Crippen LogP contribution in [0.1, 0.15) is 84.1 Å². The van der Waals surface area contributed by atoms with Gasteiger partial charge in [0.15, 0.2) is 0 Å². The molecule has 1 aliphatic rings. The van der Waals surface area contributed by atoms with E-state index in [0.29, 0.717) is 30.9 Å². The second-order valence-corrected chi connectivity index (χ2v) is 11.9. The third-order valence-electron chi connectivity index (χ3n) is 7.87. The van der Waals surface area contributed by atoms with Gasteiger partial charge in [0.2, 0.25) is 17.7 Å². The highest BCUT2D eigenvalue weighted by atomic mass is 16.5. The minimum Gasteiger partial charge on any atom is -0.497 e. The van der Waals surface area contributed by atoms with Gasteiger partial charge in [0.05, 0.1) is 26.9 Å². The molecule has 4 unspecified atom stereocenters. The van der Waals surface area contributed by atoms with Crippen LogP contribution in [0.2, 0.25) is 0 Å². The zero-order valence-electron chi connectivity index (χ0n) is 26.5. The first-order valence-electron chi connectivity index (χ1n) is 15.5. The van der Waals surface area contributed by atoms with E-state index in [-0.39, 0.29) is 42.6 Å². The fraction of sp³-hybridized carbons (Fsp3) is 0.667. The summed E-state index contributed by atoms with van der Waals surface area (Å²) >= 11 is 0. The molecule has 9 nitrogen and oxygen atoms in total. The molecule has 42 heavy (non-hydrogen) atoms. The van der Waals surface area contributed by atoms with E-state index in [1.54, 1.807) is 32.2 Å². The minimum absolute atomic E-state index is 0.0792. The number of methoxy groups -OCH3 is 2. The Balaban J connectivity index is 2.28. The number of hydrogen-bond acceptors (Lipinski definition) is 6. The first kappa shape index (κ1) is 35.1. The Labute approximate surface area is 252 Å². The maximum atomic E-state index is 13.7. The monoisotopic (exact) mass is 587 g/mol. The number of aliphatic hydroxyl groups is 1. The average molecular weight is 588 g/mol. The number of allylic oxidation sites excluding steroid dienone is 2. The van der Waals surface area contributed by atoms with Crippen molar-refractivity contribution in [2.24, 2.45) is 17.8 Å². The van der Waals surface area contributed by atoms with Gasteiger partial charge in [-0.05, 0) is 63.0 Å². The van der Waals surface area contributed by atoms with Gasteiger partial charge in [-0.1, -0.05) is 45.8 Å². The fourth-order valence-electron chi connectivity index (χ4n) is 5.53. The van der Waals surface area contributed by atoms with E-state index in [1.165, 1.54) is 0 Å². The summed E-state index contributed by atoms with van der Waals surface area (Å²) in [5, 5.41) is 16.2. The predicted molar refractivity (Wildman–Crippen MR) is 165 cm³/mol. The van der Waals surface area contributed by atoms with Crippen molar-refractivity contribution in [2.45, 2.75) is 97.2 Å². The first-order chi connectivity index (χ1) is 20.1. The molecule has 1 heterocycles. The molecule has 1 aliphatic heterocycles. The number of nitrogens with one attached hydrogen (secondary N) is 2. The van der Waals surface area contributed by atoms with E-state index < -0.39 is 18.0 Å². The van der Waals surface area contributed by atoms with Crippen molar-refractivity contribution in [3.63, 3.8) is 0 Å². The number of hydrogen-bond donors (Lipinski definition) is 3. The quantitative estimate of drug-likeness (QED) is 0.344. The molecule has 0 saturated carbocycles. The zero-order valence-corrected chi connectivity index (χ0v) is 26.5. The molecule has 9 heteroatoms. The molecule has 1 aromatic rings. The Kier molecular flexibility index (Phi) is 15.4. The fourth-order valence-corrected chi connectivity index (χ4v) is 5.53. The third-order valence-corrected chi connectivity index (χ3v) is 7.87. The van der Waals surface area contributed by atoms with Gasteiger partial charge < -0.3 is 30.1 Å². The average Bonchev–Trinajstić information content (AvgIpc) is 2.97. The second-order valence-electron chi connectivity index (χ2n) is 11.9. The largest absolute Gasteiger partial charge is 0.497 e. The maximum absolute atomic E-state index is 13.7. The van der Waals surface area contributed by atoms with E-state index in [9.17, 15) is 19.5 Å². The molecule has 2 rings (SSSR count). The van der Waals surface area contributed by atoms with Crippen molar-refractivity contribution in [3.05, 3.63) is 35.9 Å². The maximum Gasteiger partial charge on any atom is 0.242 e. The molecule has 3 N–H and O–H groups in total. The highest BCUT2D eigenvalue weighted by Gasteiger charge is 2.30. The summed E-state index contributed by atoms with van der Waals surface area (Å²) in [5.74, 6) is 0.430. The summed E-state index contributed by atoms with van der Waals surface area (Å²) in [6.07, 6.45) is 10.6. The lowest BCUT2D eigenvalue weighted by molar-refractivity contribution is -0.136. The Morgan fingerprint density at radius 3 is 2.50 bits per heavy atom. The van der Waals surface area contributed by atoms with Gasteiger partial charge in [-0.25, -0.2) is 0 Å². The minimum atomic E-state index is -0.696. The van der Waals surface area contributed by atoms with Crippen LogP contribution in [0.15, 0.2) is 30.4 Å². The van der Waals surface area contributed by atoms with Crippen LogP contribution in [0.5, 0.6) is 11.5 Å². The number of ether oxygens (including phenoxy) is 2. The van der Waals surface area contributed by atoms with E-state index >= 15 is 0 Å². The molecule has 236 valence electrons. The standard InChI is InChI=1S/C33H53N3O6/c1-7-13-24-14-11-9-8-10-12-15-25(19-27(22-37)34-32(39)29(18-23(2)3)35-31(24)38)33(40)36(4)21-26-16-17-28(41-5)20-30(26)42-6/h10,12,16-17,20,23-25,27,29,37H,7-9,11,13-15,18-19,21-22H2,1-6H3,(H,34,39)(H,35,38)/b12-10+. The molecule has 0 spiro atoms. The molecule has 0 radical (unpaired) electrons. The van der Waals surface area contributed by atoms with Gasteiger partial charge in [0.1, 0.15) is 17.5 Å². The SMILES string of the molecule is CCCC1CCCC/C=C/CC(C(=O)N(C)Cc2ccc(OC)cc2OC)CC(CO)NC(=O)C(CC(C)C)NC1=O. The number of benzene rings is 1. The van der Waals surface area contributed by atoms with Gasteiger partial charge in [0.25, 0.3) is 0 Å². The molecular formula is C33H53N3O6. The van der Waals surface area contributed by atoms with Gasteiger partial charge in [0, 0.05) is 37.1 Å². The van der Waals surface area contributed by atoms with Crippen molar-refractivity contribution in [1.29, 1.82) is 0 Å². The number of amides is 3. The molecule has 0 aromatic heterocycles. The van der Waals surface area contributed by atoms with Gasteiger partial charge in [-0.3, -0.25) is 14.4 Å². The Bertz CT molecular complexity index is 1030. The van der Waals surface area contributed by atoms with Gasteiger partial charge in [-0.2, -0.15) is 0 Å². The summed E-state index contributed by atoms with van der Waals surface area (Å²) in [6, 6.07) is 4.18. The summed E-state index contributed by atoms with van der Waals surface area (Å²) in [4.78, 5) is 42.0. The number of carbonyl (C=O) groups excluding carboxylic acids is 3. The van der Waals surface area contributed by atoms with Crippen LogP contribution < -0.4 is 20.1 Å². The number of aliphatic hydroxyl groups excluding tert-OH is 1. The number of rotatable bonds is 10. The molecule has 0 fully saturated rings. The summed E-state index contributed by atoms with van der Waals surface area (Å²) < 4.78 is 10.8. The zero-order chi connectivity index (χ0) is 31.1. The van der Waals surface area contributed by atoms with Gasteiger partial charge >= 0.3 is 0 Å². The molecule has 1 aromatic carbocycles. The van der Waals surface area contributed by atoms with Crippen LogP contribution in [-0.4, -0.2) is 67.7 Å². The molecule has 0 saturated heterocycles. The Morgan fingerprint density at radius 2 is 1.86 bits per heavy atom. The molecule has 0 aliphatic carbocycles. The van der Waals surface area contributed by atoms with Crippen LogP contribution in [0.4, 0.5) is 0 Å². The van der Waals surface area contributed by atoms with Crippen molar-refractivity contribution >= 4 is 17.7 Å². The van der Waals surface area contributed by atoms with E-state index in [1.807, 2.05) is 32.1 Å². The molecule has 0 bridgehead atoms. The third kappa shape index (κ3) is 11.3. The Hall–Kier alpha value is -3.07. The van der Waals surface area contributed by atoms with Crippen molar-refractivity contribution < 1.29 is 29.0 Å². The van der Waals surface area contributed by atoms with Crippen LogP contribution in [0, 0.1) is 17.8 Å². The highest BCUT2D eigenvalue weighted by Crippen LogP contribution is 2.27. The summed E-state index contributed by atoms with van der Waals surface area (Å²) in [7, 11) is 4.93. The smallest absolute Gasteiger partial charge is 0.242 e. The first-order valence-corrected chi connectivity index (χ1v) is 15.5. The van der Waals surface area contributed by atoms with E-state index in [4.69, 9.17) is 9.47 Å². The Morgan fingerprint density at radius 1 is 1.10 bits per heavy atom. The van der Waals surface area contributed by atoms with Crippen molar-refractivity contribution in [2.75, 3.05) is 27.9 Å². The summed E-state index contributed by atoms with van der Waals surface area (Å²) in [6.45, 7) is 6.13. The van der Waals surface area contributed by atoms with Crippen molar-refractivity contribution in [1.82, 2.24) is 15.5 Å². The van der Waals surface area contributed by atoms with Crippen LogP contribution in [0.3, 0.4) is 0 Å². The number of carbonyl (C=O) groups is 3. The van der Waals surface area contributed by atoms with E-state index in [0.717, 1.165) is 44.1 Å². The van der Waals surface area contributed by atoms with Gasteiger partial charge in [-0.15, -0.1) is 0 Å². The molecule has 3 amide bonds. The second kappa shape index (κ2) is 18.5. The lowest BCUT2D eigenvalue weighted by atomic mass is 9.92. The number of nitrogens with zero attached hydrogens (tertiary/aromatic N) is 1. The highest BCUT2D eigenvalue weighted by molar-refractivity contribution is 5.88.